The van der Waals surface area contributed by atoms with Gasteiger partial charge in [-0.2, -0.15) is 0 Å². The van der Waals surface area contributed by atoms with Gasteiger partial charge in [0, 0.05) is 25.2 Å². The van der Waals surface area contributed by atoms with Crippen LogP contribution >= 0.6 is 0 Å². The Hall–Kier alpha value is -2.05. The second-order valence-electron chi connectivity index (χ2n) is 11.2. The molecule has 7 nitrogen and oxygen atoms in total. The third kappa shape index (κ3) is 9.61. The van der Waals surface area contributed by atoms with Crippen molar-refractivity contribution in [3.8, 4) is 0 Å². The minimum atomic E-state index is -0.539. The number of carbonyl (C=O) groups is 2. The fourth-order valence-electron chi connectivity index (χ4n) is 4.02. The van der Waals surface area contributed by atoms with Crippen molar-refractivity contribution in [1.29, 1.82) is 0 Å². The Morgan fingerprint density at radius 2 is 1.72 bits per heavy atom. The number of carbonyl (C=O) groups excluding carboxylic acids is 2. The number of aromatic nitrogens is 2. The van der Waals surface area contributed by atoms with Gasteiger partial charge in [0.1, 0.15) is 11.2 Å². The third-order valence-electron chi connectivity index (χ3n) is 5.66. The van der Waals surface area contributed by atoms with Gasteiger partial charge in [0.2, 0.25) is 0 Å². The molecule has 2 rings (SSSR count). The van der Waals surface area contributed by atoms with Gasteiger partial charge in [-0.3, -0.25) is 4.79 Å². The zero-order chi connectivity index (χ0) is 23.9. The van der Waals surface area contributed by atoms with Crippen LogP contribution in [-0.4, -0.2) is 39.4 Å². The number of nitrogens with one attached hydrogen (secondary N) is 1. The summed E-state index contributed by atoms with van der Waals surface area (Å²) in [5, 5.41) is 2.76. The molecule has 1 heterocycles. The van der Waals surface area contributed by atoms with Crippen LogP contribution in [0.25, 0.3) is 0 Å². The van der Waals surface area contributed by atoms with E-state index in [2.05, 4.69) is 28.0 Å². The summed E-state index contributed by atoms with van der Waals surface area (Å²) in [5.74, 6) is 0.292. The van der Waals surface area contributed by atoms with E-state index in [1.54, 1.807) is 0 Å². The summed E-state index contributed by atoms with van der Waals surface area (Å²) >= 11 is 0. The highest BCUT2D eigenvalue weighted by atomic mass is 16.6. The zero-order valence-corrected chi connectivity index (χ0v) is 21.1. The highest BCUT2D eigenvalue weighted by Gasteiger charge is 2.27. The first-order valence-corrected chi connectivity index (χ1v) is 12.0. The van der Waals surface area contributed by atoms with E-state index in [9.17, 15) is 9.59 Å². The minimum Gasteiger partial charge on any atom is -0.460 e. The fraction of sp³-hybridized carbons (Fsp3) is 0.800. The second kappa shape index (κ2) is 11.2. The van der Waals surface area contributed by atoms with Gasteiger partial charge in [-0.05, 0) is 86.0 Å². The Morgan fingerprint density at radius 1 is 1.09 bits per heavy atom. The zero-order valence-electron chi connectivity index (χ0n) is 21.1. The molecular weight excluding hydrogens is 406 g/mol. The molecule has 1 aromatic heterocycles. The van der Waals surface area contributed by atoms with Gasteiger partial charge in [-0.15, -0.1) is 0 Å². The molecule has 1 amide bonds. The Morgan fingerprint density at radius 3 is 2.31 bits per heavy atom. The number of alkyl carbamates (subject to hydrolysis) is 1. The first-order valence-electron chi connectivity index (χ1n) is 12.0. The van der Waals surface area contributed by atoms with Gasteiger partial charge < -0.3 is 19.4 Å². The molecule has 0 aromatic carbocycles. The number of imidazole rings is 1. The molecule has 1 N–H and O–H groups in total. The molecule has 1 fully saturated rings. The lowest BCUT2D eigenvalue weighted by Gasteiger charge is -2.27. The number of hydrogen-bond acceptors (Lipinski definition) is 5. The van der Waals surface area contributed by atoms with Crippen molar-refractivity contribution in [2.45, 2.75) is 111 Å². The van der Waals surface area contributed by atoms with Gasteiger partial charge in [-0.1, -0.05) is 6.92 Å². The maximum Gasteiger partial charge on any atom is 0.407 e. The van der Waals surface area contributed by atoms with Crippen molar-refractivity contribution in [3.05, 3.63) is 18.2 Å². The Bertz CT molecular complexity index is 737. The van der Waals surface area contributed by atoms with Gasteiger partial charge in [0.25, 0.3) is 0 Å². The van der Waals surface area contributed by atoms with Crippen molar-refractivity contribution in [1.82, 2.24) is 14.9 Å². The second-order valence-corrected chi connectivity index (χ2v) is 11.2. The highest BCUT2D eigenvalue weighted by Crippen LogP contribution is 2.32. The molecule has 7 heteroatoms. The summed E-state index contributed by atoms with van der Waals surface area (Å²) < 4.78 is 13.2. The molecule has 1 saturated carbocycles. The van der Waals surface area contributed by atoms with Crippen LogP contribution in [0, 0.1) is 11.8 Å². The van der Waals surface area contributed by atoms with Crippen LogP contribution in [0.4, 0.5) is 4.79 Å². The van der Waals surface area contributed by atoms with Crippen LogP contribution < -0.4 is 5.32 Å². The Kier molecular flexibility index (Phi) is 9.17. The average Bonchev–Trinajstić information content (AvgIpc) is 3.10. The first-order chi connectivity index (χ1) is 14.8. The maximum atomic E-state index is 12.9. The third-order valence-corrected chi connectivity index (χ3v) is 5.66. The molecule has 1 aliphatic carbocycles. The lowest BCUT2D eigenvalue weighted by molar-refractivity contribution is -0.160. The van der Waals surface area contributed by atoms with Crippen molar-refractivity contribution < 1.29 is 19.1 Å². The normalized spacial score (nSPS) is 20.5. The summed E-state index contributed by atoms with van der Waals surface area (Å²) in [6.07, 6.45) is 10.2. The summed E-state index contributed by atoms with van der Waals surface area (Å²) in [6.45, 7) is 13.9. The van der Waals surface area contributed by atoms with Crippen LogP contribution in [-0.2, 0) is 20.7 Å². The van der Waals surface area contributed by atoms with Crippen LogP contribution in [0.15, 0.2) is 12.5 Å². The largest absolute Gasteiger partial charge is 0.460 e. The Balaban J connectivity index is 1.93. The summed E-state index contributed by atoms with van der Waals surface area (Å²) in [7, 11) is 0. The van der Waals surface area contributed by atoms with Crippen LogP contribution in [0.1, 0.15) is 98.7 Å². The lowest BCUT2D eigenvalue weighted by Crippen LogP contribution is -2.34. The number of amides is 1. The summed E-state index contributed by atoms with van der Waals surface area (Å²) in [5.41, 5.74) is -0.153. The van der Waals surface area contributed by atoms with Crippen LogP contribution in [0.3, 0.4) is 0 Å². The first kappa shape index (κ1) is 26.2. The average molecular weight is 450 g/mol. The molecule has 1 unspecified atom stereocenters. The van der Waals surface area contributed by atoms with Gasteiger partial charge in [-0.25, -0.2) is 9.78 Å². The molecule has 32 heavy (non-hydrogen) atoms. The van der Waals surface area contributed by atoms with Crippen molar-refractivity contribution in [2.75, 3.05) is 6.54 Å². The minimum absolute atomic E-state index is 0.212. The molecule has 1 aromatic rings. The molecule has 1 aliphatic rings. The summed E-state index contributed by atoms with van der Waals surface area (Å²) in [6, 6.07) is 0.505. The van der Waals surface area contributed by atoms with E-state index in [0.717, 1.165) is 11.6 Å². The molecule has 0 spiro atoms. The van der Waals surface area contributed by atoms with E-state index in [0.29, 0.717) is 31.8 Å². The van der Waals surface area contributed by atoms with Crippen LogP contribution in [0.5, 0.6) is 0 Å². The van der Waals surface area contributed by atoms with E-state index in [1.807, 2.05) is 47.9 Å². The Labute approximate surface area is 193 Å². The molecule has 182 valence electrons. The van der Waals surface area contributed by atoms with Crippen molar-refractivity contribution in [3.63, 3.8) is 0 Å². The molecule has 0 bridgehead atoms. The van der Waals surface area contributed by atoms with Gasteiger partial charge in [0.15, 0.2) is 0 Å². The smallest absolute Gasteiger partial charge is 0.407 e. The number of rotatable bonds is 8. The van der Waals surface area contributed by atoms with Crippen LogP contribution in [0.2, 0.25) is 0 Å². The summed E-state index contributed by atoms with van der Waals surface area (Å²) in [4.78, 5) is 29.3. The van der Waals surface area contributed by atoms with Gasteiger partial charge in [0.05, 0.1) is 17.9 Å². The quantitative estimate of drug-likeness (QED) is 0.422. The van der Waals surface area contributed by atoms with Crippen molar-refractivity contribution in [2.24, 2.45) is 11.8 Å². The van der Waals surface area contributed by atoms with E-state index < -0.39 is 17.3 Å². The van der Waals surface area contributed by atoms with Gasteiger partial charge >= 0.3 is 12.1 Å². The van der Waals surface area contributed by atoms with E-state index in [1.165, 1.54) is 25.7 Å². The van der Waals surface area contributed by atoms with E-state index >= 15 is 0 Å². The molecule has 1 atom stereocenters. The highest BCUT2D eigenvalue weighted by molar-refractivity contribution is 5.73. The standard InChI is InChI=1S/C25H43N3O4/c1-18-10-12-21(13-11-18)28-16-20(27-17-28)15-19(22(29)31-24(2,3)4)9-8-14-26-23(30)32-25(5,6)7/h16-19,21H,8-15H2,1-7H3,(H,26,30). The van der Waals surface area contributed by atoms with Crippen molar-refractivity contribution >= 4 is 12.1 Å². The molecule has 0 radical (unpaired) electrons. The number of ether oxygens (including phenoxy) is 2. The topological polar surface area (TPSA) is 82.5 Å². The number of esters is 1. The lowest BCUT2D eigenvalue weighted by atomic mass is 9.87. The number of hydrogen-bond donors (Lipinski definition) is 1. The van der Waals surface area contributed by atoms with E-state index in [4.69, 9.17) is 9.47 Å². The monoisotopic (exact) mass is 449 g/mol. The molecule has 0 saturated heterocycles. The number of nitrogens with zero attached hydrogens (tertiary/aromatic N) is 2. The fourth-order valence-corrected chi connectivity index (χ4v) is 4.02. The molecular formula is C25H43N3O4. The SMILES string of the molecule is CC1CCC(n2cnc(CC(CCCNC(=O)OC(C)(C)C)C(=O)OC(C)(C)C)c2)CC1. The maximum absolute atomic E-state index is 12.9. The predicted octanol–water partition coefficient (Wildman–Crippen LogP) is 5.44. The predicted molar refractivity (Wildman–Crippen MR) is 125 cm³/mol. The van der Waals surface area contributed by atoms with E-state index in [-0.39, 0.29) is 11.9 Å². The molecule has 0 aliphatic heterocycles.